The van der Waals surface area contributed by atoms with Gasteiger partial charge in [-0.1, -0.05) is 6.07 Å². The number of hydrogen-bond donors (Lipinski definition) is 2. The van der Waals surface area contributed by atoms with Crippen LogP contribution in [-0.2, 0) is 4.79 Å². The molecule has 114 valence electrons. The van der Waals surface area contributed by atoms with E-state index in [1.54, 1.807) is 4.90 Å². The Morgan fingerprint density at radius 1 is 1.24 bits per heavy atom. The average molecular weight is 290 g/mol. The fourth-order valence-corrected chi connectivity index (χ4v) is 2.94. The highest BCUT2D eigenvalue weighted by molar-refractivity contribution is 5.90. The first-order chi connectivity index (χ1) is 9.86. The molecule has 5 nitrogen and oxygen atoms in total. The van der Waals surface area contributed by atoms with E-state index in [4.69, 9.17) is 5.11 Å². The minimum absolute atomic E-state index is 0.0641. The highest BCUT2D eigenvalue weighted by atomic mass is 16.4. The number of nitrogens with one attached hydrogen (secondary N) is 1. The number of carbonyl (C=O) groups excluding carboxylic acids is 1. The van der Waals surface area contributed by atoms with Crippen LogP contribution in [0.3, 0.4) is 0 Å². The molecular formula is C16H22N2O3. The van der Waals surface area contributed by atoms with Gasteiger partial charge in [0.2, 0.25) is 0 Å². The van der Waals surface area contributed by atoms with Crippen molar-refractivity contribution in [1.82, 2.24) is 4.90 Å². The number of carboxylic acids is 1. The van der Waals surface area contributed by atoms with Crippen molar-refractivity contribution < 1.29 is 14.7 Å². The molecule has 1 aliphatic heterocycles. The lowest BCUT2D eigenvalue weighted by Gasteiger charge is -2.36. The summed E-state index contributed by atoms with van der Waals surface area (Å²) in [6.07, 6.45) is 1.02. The number of likely N-dealkylation sites (tertiary alicyclic amines) is 1. The molecule has 1 heterocycles. The molecule has 1 aromatic rings. The van der Waals surface area contributed by atoms with Gasteiger partial charge in [0.05, 0.1) is 5.92 Å². The summed E-state index contributed by atoms with van der Waals surface area (Å²) in [5, 5.41) is 12.0. The molecule has 0 bridgehead atoms. The molecule has 1 aliphatic rings. The van der Waals surface area contributed by atoms with Crippen molar-refractivity contribution >= 4 is 17.7 Å². The van der Waals surface area contributed by atoms with E-state index in [0.29, 0.717) is 19.4 Å². The Bertz CT molecular complexity index is 536. The number of carboxylic acid groups (broad SMARTS) is 1. The van der Waals surface area contributed by atoms with Crippen LogP contribution in [0, 0.1) is 19.8 Å². The van der Waals surface area contributed by atoms with Gasteiger partial charge in [0.25, 0.3) is 0 Å². The maximum atomic E-state index is 12.3. The molecule has 21 heavy (non-hydrogen) atoms. The number of amides is 2. The molecular weight excluding hydrogens is 268 g/mol. The van der Waals surface area contributed by atoms with Crippen LogP contribution in [0.2, 0.25) is 0 Å². The summed E-state index contributed by atoms with van der Waals surface area (Å²) >= 11 is 0. The molecule has 5 heteroatoms. The van der Waals surface area contributed by atoms with Gasteiger partial charge in [-0.05, 0) is 56.9 Å². The smallest absolute Gasteiger partial charge is 0.322 e. The van der Waals surface area contributed by atoms with Crippen LogP contribution in [0.5, 0.6) is 0 Å². The van der Waals surface area contributed by atoms with Crippen LogP contribution in [0.15, 0.2) is 18.2 Å². The minimum atomic E-state index is -0.767. The van der Waals surface area contributed by atoms with Crippen LogP contribution < -0.4 is 5.32 Å². The average Bonchev–Trinajstić information content (AvgIpc) is 2.36. The summed E-state index contributed by atoms with van der Waals surface area (Å²) in [6.45, 7) is 6.36. The van der Waals surface area contributed by atoms with Gasteiger partial charge in [-0.2, -0.15) is 0 Å². The van der Waals surface area contributed by atoms with E-state index in [0.717, 1.165) is 16.8 Å². The van der Waals surface area contributed by atoms with Gasteiger partial charge in [-0.3, -0.25) is 4.79 Å². The SMILES string of the molecule is Cc1cc(C)cc(NC(=O)N2CCC(C(=O)O)CC2C)c1. The molecule has 0 aromatic heterocycles. The van der Waals surface area contributed by atoms with Crippen LogP contribution in [0.25, 0.3) is 0 Å². The highest BCUT2D eigenvalue weighted by Gasteiger charge is 2.32. The van der Waals surface area contributed by atoms with E-state index in [9.17, 15) is 9.59 Å². The van der Waals surface area contributed by atoms with Crippen LogP contribution >= 0.6 is 0 Å². The fourth-order valence-electron chi connectivity index (χ4n) is 2.94. The summed E-state index contributed by atoms with van der Waals surface area (Å²) in [5.41, 5.74) is 2.98. The standard InChI is InChI=1S/C16H22N2O3/c1-10-6-11(2)8-14(7-10)17-16(21)18-5-4-13(15(19)20)9-12(18)3/h6-8,12-13H,4-5,9H2,1-3H3,(H,17,21)(H,19,20). The lowest BCUT2D eigenvalue weighted by atomic mass is 9.92. The molecule has 1 saturated heterocycles. The van der Waals surface area contributed by atoms with E-state index < -0.39 is 5.97 Å². The van der Waals surface area contributed by atoms with Crippen LogP contribution in [-0.4, -0.2) is 34.6 Å². The molecule has 1 fully saturated rings. The zero-order chi connectivity index (χ0) is 15.6. The number of hydrogen-bond acceptors (Lipinski definition) is 2. The molecule has 0 saturated carbocycles. The van der Waals surface area contributed by atoms with Gasteiger partial charge in [0.1, 0.15) is 0 Å². The largest absolute Gasteiger partial charge is 0.481 e. The first-order valence-corrected chi connectivity index (χ1v) is 7.25. The third kappa shape index (κ3) is 3.74. The second kappa shape index (κ2) is 6.16. The van der Waals surface area contributed by atoms with Gasteiger partial charge >= 0.3 is 12.0 Å². The number of urea groups is 1. The van der Waals surface area contributed by atoms with Crippen molar-refractivity contribution in [3.8, 4) is 0 Å². The summed E-state index contributed by atoms with van der Waals surface area (Å²) in [7, 11) is 0. The third-order valence-corrected chi connectivity index (χ3v) is 3.96. The molecule has 0 spiro atoms. The lowest BCUT2D eigenvalue weighted by Crippen LogP contribution is -2.47. The topological polar surface area (TPSA) is 69.6 Å². The predicted molar refractivity (Wildman–Crippen MR) is 81.5 cm³/mol. The Hall–Kier alpha value is -2.04. The number of benzene rings is 1. The minimum Gasteiger partial charge on any atom is -0.481 e. The van der Waals surface area contributed by atoms with Crippen LogP contribution in [0.4, 0.5) is 10.5 Å². The van der Waals surface area contributed by atoms with Gasteiger partial charge in [0, 0.05) is 18.3 Å². The number of aliphatic carboxylic acids is 1. The normalized spacial score (nSPS) is 22.0. The number of carbonyl (C=O) groups is 2. The molecule has 2 atom stereocenters. The zero-order valence-corrected chi connectivity index (χ0v) is 12.7. The maximum Gasteiger partial charge on any atom is 0.322 e. The molecule has 2 unspecified atom stereocenters. The molecule has 2 N–H and O–H groups in total. The lowest BCUT2D eigenvalue weighted by molar-refractivity contribution is -0.143. The van der Waals surface area contributed by atoms with Gasteiger partial charge < -0.3 is 15.3 Å². The van der Waals surface area contributed by atoms with E-state index in [1.807, 2.05) is 32.9 Å². The van der Waals surface area contributed by atoms with Crippen molar-refractivity contribution in [3.63, 3.8) is 0 Å². The fraction of sp³-hybridized carbons (Fsp3) is 0.500. The van der Waals surface area contributed by atoms with Crippen LogP contribution in [0.1, 0.15) is 30.9 Å². The first kappa shape index (κ1) is 15.4. The Kier molecular flexibility index (Phi) is 4.50. The highest BCUT2D eigenvalue weighted by Crippen LogP contribution is 2.24. The van der Waals surface area contributed by atoms with Crippen molar-refractivity contribution in [2.75, 3.05) is 11.9 Å². The Labute approximate surface area is 125 Å². The second-order valence-corrected chi connectivity index (χ2v) is 5.91. The Balaban J connectivity index is 2.02. The predicted octanol–water partition coefficient (Wildman–Crippen LogP) is 3.02. The second-order valence-electron chi connectivity index (χ2n) is 5.91. The monoisotopic (exact) mass is 290 g/mol. The van der Waals surface area contributed by atoms with E-state index in [1.165, 1.54) is 0 Å². The van der Waals surface area contributed by atoms with Gasteiger partial charge in [-0.15, -0.1) is 0 Å². The number of rotatable bonds is 2. The van der Waals surface area contributed by atoms with Crippen molar-refractivity contribution in [3.05, 3.63) is 29.3 Å². The van der Waals surface area contributed by atoms with E-state index >= 15 is 0 Å². The molecule has 1 aromatic carbocycles. The Morgan fingerprint density at radius 2 is 1.86 bits per heavy atom. The van der Waals surface area contributed by atoms with Crippen molar-refractivity contribution in [2.24, 2.45) is 5.92 Å². The zero-order valence-electron chi connectivity index (χ0n) is 12.7. The number of piperidine rings is 1. The first-order valence-electron chi connectivity index (χ1n) is 7.25. The number of aryl methyl sites for hydroxylation is 2. The summed E-state index contributed by atoms with van der Waals surface area (Å²) < 4.78 is 0. The third-order valence-electron chi connectivity index (χ3n) is 3.96. The number of anilines is 1. The Morgan fingerprint density at radius 3 is 2.38 bits per heavy atom. The molecule has 2 amide bonds. The summed E-state index contributed by atoms with van der Waals surface area (Å²) in [4.78, 5) is 25.1. The van der Waals surface area contributed by atoms with Gasteiger partial charge in [-0.25, -0.2) is 4.79 Å². The quantitative estimate of drug-likeness (QED) is 0.879. The van der Waals surface area contributed by atoms with E-state index in [2.05, 4.69) is 11.4 Å². The van der Waals surface area contributed by atoms with Gasteiger partial charge in [0.15, 0.2) is 0 Å². The molecule has 0 radical (unpaired) electrons. The summed E-state index contributed by atoms with van der Waals surface area (Å²) in [6, 6.07) is 5.69. The number of nitrogens with zero attached hydrogens (tertiary/aromatic N) is 1. The molecule has 2 rings (SSSR count). The summed E-state index contributed by atoms with van der Waals surface area (Å²) in [5.74, 6) is -1.11. The van der Waals surface area contributed by atoms with Crippen molar-refractivity contribution in [1.29, 1.82) is 0 Å². The molecule has 0 aliphatic carbocycles. The van der Waals surface area contributed by atoms with Crippen molar-refractivity contribution in [2.45, 2.75) is 39.7 Å². The van der Waals surface area contributed by atoms with E-state index in [-0.39, 0.29) is 18.0 Å². The maximum absolute atomic E-state index is 12.3.